The predicted molar refractivity (Wildman–Crippen MR) is 108 cm³/mol. The number of benzene rings is 2. The van der Waals surface area contributed by atoms with Crippen molar-refractivity contribution in [3.63, 3.8) is 0 Å². The fraction of sp³-hybridized carbons (Fsp3) is 0.350. The summed E-state index contributed by atoms with van der Waals surface area (Å²) in [6, 6.07) is 14.3. The fourth-order valence-corrected chi connectivity index (χ4v) is 4.64. The van der Waals surface area contributed by atoms with Crippen molar-refractivity contribution in [3.8, 4) is 11.5 Å². The first kappa shape index (κ1) is 19.0. The first-order valence-electron chi connectivity index (χ1n) is 8.41. The van der Waals surface area contributed by atoms with Crippen molar-refractivity contribution < 1.29 is 14.3 Å². The van der Waals surface area contributed by atoms with Gasteiger partial charge in [-0.3, -0.25) is 4.79 Å². The van der Waals surface area contributed by atoms with Crippen molar-refractivity contribution in [2.24, 2.45) is 0 Å². The normalized spacial score (nSPS) is 17.3. The van der Waals surface area contributed by atoms with Gasteiger partial charge in [-0.1, -0.05) is 12.1 Å². The maximum atomic E-state index is 12.7. The van der Waals surface area contributed by atoms with Crippen LogP contribution in [0.1, 0.15) is 22.9 Å². The SMILES string of the molecule is COc1cc(CN2C(=O)CCSC2c2ccc(SC)cc2)cc(OC)c1. The third kappa shape index (κ3) is 4.30. The molecule has 2 aromatic carbocycles. The number of ether oxygens (including phenoxy) is 2. The summed E-state index contributed by atoms with van der Waals surface area (Å²) in [6.45, 7) is 0.536. The van der Waals surface area contributed by atoms with E-state index in [0.717, 1.165) is 28.4 Å². The zero-order valence-electron chi connectivity index (χ0n) is 15.2. The van der Waals surface area contributed by atoms with E-state index in [1.54, 1.807) is 26.0 Å². The summed E-state index contributed by atoms with van der Waals surface area (Å²) >= 11 is 3.54. The quantitative estimate of drug-likeness (QED) is 0.676. The number of methoxy groups -OCH3 is 2. The van der Waals surface area contributed by atoms with Gasteiger partial charge in [0.15, 0.2) is 0 Å². The average Bonchev–Trinajstić information content (AvgIpc) is 2.69. The Balaban J connectivity index is 1.88. The fourth-order valence-electron chi connectivity index (χ4n) is 2.99. The molecule has 2 aromatic rings. The lowest BCUT2D eigenvalue weighted by molar-refractivity contribution is -0.132. The molecule has 0 radical (unpaired) electrons. The molecule has 0 saturated carbocycles. The molecular weight excluding hydrogens is 366 g/mol. The Hall–Kier alpha value is -1.79. The number of nitrogens with zero attached hydrogens (tertiary/aromatic N) is 1. The second-order valence-electron chi connectivity index (χ2n) is 5.99. The Morgan fingerprint density at radius 1 is 1.12 bits per heavy atom. The minimum atomic E-state index is 0.0318. The third-order valence-corrected chi connectivity index (χ3v) is 6.39. The van der Waals surface area contributed by atoms with Gasteiger partial charge in [-0.2, -0.15) is 0 Å². The van der Waals surface area contributed by atoms with Crippen LogP contribution in [0.4, 0.5) is 0 Å². The third-order valence-electron chi connectivity index (χ3n) is 4.36. The highest BCUT2D eigenvalue weighted by Gasteiger charge is 2.30. The number of carbonyl (C=O) groups is 1. The summed E-state index contributed by atoms with van der Waals surface area (Å²) in [5, 5.41) is 0.0318. The summed E-state index contributed by atoms with van der Waals surface area (Å²) in [7, 11) is 3.27. The molecule has 0 N–H and O–H groups in total. The van der Waals surface area contributed by atoms with Gasteiger partial charge in [0.25, 0.3) is 0 Å². The van der Waals surface area contributed by atoms with Gasteiger partial charge in [0.1, 0.15) is 16.9 Å². The van der Waals surface area contributed by atoms with Crippen molar-refractivity contribution in [1.29, 1.82) is 0 Å². The molecule has 6 heteroatoms. The van der Waals surface area contributed by atoms with E-state index in [4.69, 9.17) is 9.47 Å². The molecule has 0 bridgehead atoms. The van der Waals surface area contributed by atoms with E-state index >= 15 is 0 Å². The first-order valence-corrected chi connectivity index (χ1v) is 10.7. The van der Waals surface area contributed by atoms with E-state index in [1.807, 2.05) is 34.9 Å². The number of hydrogen-bond acceptors (Lipinski definition) is 5. The Bertz CT molecular complexity index is 742. The highest BCUT2D eigenvalue weighted by atomic mass is 32.2. The number of rotatable bonds is 6. The molecule has 1 unspecified atom stereocenters. The highest BCUT2D eigenvalue weighted by molar-refractivity contribution is 7.99. The molecule has 0 spiro atoms. The second-order valence-corrected chi connectivity index (χ2v) is 8.06. The van der Waals surface area contributed by atoms with Crippen molar-refractivity contribution in [1.82, 2.24) is 4.90 Å². The van der Waals surface area contributed by atoms with Crippen LogP contribution in [0.3, 0.4) is 0 Å². The smallest absolute Gasteiger partial charge is 0.224 e. The Kier molecular flexibility index (Phi) is 6.38. The summed E-state index contributed by atoms with van der Waals surface area (Å²) in [5.74, 6) is 2.50. The zero-order chi connectivity index (χ0) is 18.5. The van der Waals surface area contributed by atoms with E-state index in [2.05, 4.69) is 30.5 Å². The molecule has 1 aliphatic rings. The molecule has 1 amide bonds. The van der Waals surface area contributed by atoms with Crippen LogP contribution < -0.4 is 9.47 Å². The molecule has 1 aliphatic heterocycles. The van der Waals surface area contributed by atoms with Crippen LogP contribution in [0.15, 0.2) is 47.4 Å². The van der Waals surface area contributed by atoms with E-state index in [0.29, 0.717) is 13.0 Å². The summed E-state index contributed by atoms with van der Waals surface area (Å²) < 4.78 is 10.7. The first-order chi connectivity index (χ1) is 12.6. The van der Waals surface area contributed by atoms with Crippen molar-refractivity contribution in [2.75, 3.05) is 26.2 Å². The zero-order valence-corrected chi connectivity index (χ0v) is 16.9. The number of hydrogen-bond donors (Lipinski definition) is 0. The molecule has 1 heterocycles. The maximum Gasteiger partial charge on any atom is 0.224 e. The number of carbonyl (C=O) groups excluding carboxylic acids is 1. The van der Waals surface area contributed by atoms with Crippen LogP contribution in [0.2, 0.25) is 0 Å². The standard InChI is InChI=1S/C20H23NO3S2/c1-23-16-10-14(11-17(12-16)24-2)13-21-19(22)8-9-26-20(21)15-4-6-18(25-3)7-5-15/h4-7,10-12,20H,8-9,13H2,1-3H3. The minimum Gasteiger partial charge on any atom is -0.497 e. The summed E-state index contributed by atoms with van der Waals surface area (Å²) in [5.41, 5.74) is 2.17. The molecule has 138 valence electrons. The Morgan fingerprint density at radius 3 is 2.35 bits per heavy atom. The lowest BCUT2D eigenvalue weighted by atomic mass is 10.1. The van der Waals surface area contributed by atoms with Gasteiger partial charge in [-0.15, -0.1) is 23.5 Å². The number of amides is 1. The molecular formula is C20H23NO3S2. The largest absolute Gasteiger partial charge is 0.497 e. The van der Waals surface area contributed by atoms with Crippen molar-refractivity contribution >= 4 is 29.4 Å². The molecule has 0 aliphatic carbocycles. The maximum absolute atomic E-state index is 12.7. The van der Waals surface area contributed by atoms with Crippen LogP contribution in [0.25, 0.3) is 0 Å². The van der Waals surface area contributed by atoms with Gasteiger partial charge in [0.05, 0.1) is 14.2 Å². The van der Waals surface area contributed by atoms with Crippen LogP contribution in [-0.4, -0.2) is 37.0 Å². The van der Waals surface area contributed by atoms with Crippen LogP contribution in [-0.2, 0) is 11.3 Å². The predicted octanol–water partition coefficient (Wildman–Crippen LogP) is 4.59. The van der Waals surface area contributed by atoms with Gasteiger partial charge in [0, 0.05) is 29.7 Å². The Labute approximate surface area is 163 Å². The average molecular weight is 390 g/mol. The van der Waals surface area contributed by atoms with Crippen molar-refractivity contribution in [3.05, 3.63) is 53.6 Å². The van der Waals surface area contributed by atoms with Crippen LogP contribution >= 0.6 is 23.5 Å². The molecule has 1 saturated heterocycles. The molecule has 3 rings (SSSR count). The molecule has 0 aromatic heterocycles. The summed E-state index contributed by atoms with van der Waals surface area (Å²) in [6.07, 6.45) is 2.64. The van der Waals surface area contributed by atoms with Gasteiger partial charge < -0.3 is 14.4 Å². The van der Waals surface area contributed by atoms with E-state index in [-0.39, 0.29) is 11.3 Å². The number of thioether (sulfide) groups is 2. The van der Waals surface area contributed by atoms with Gasteiger partial charge in [-0.25, -0.2) is 0 Å². The molecule has 1 fully saturated rings. The highest BCUT2D eigenvalue weighted by Crippen LogP contribution is 2.39. The molecule has 4 nitrogen and oxygen atoms in total. The van der Waals surface area contributed by atoms with E-state index < -0.39 is 0 Å². The molecule has 1 atom stereocenters. The summed E-state index contributed by atoms with van der Waals surface area (Å²) in [4.78, 5) is 15.8. The van der Waals surface area contributed by atoms with Gasteiger partial charge in [0.2, 0.25) is 5.91 Å². The van der Waals surface area contributed by atoms with Gasteiger partial charge >= 0.3 is 0 Å². The lowest BCUT2D eigenvalue weighted by Gasteiger charge is -2.35. The van der Waals surface area contributed by atoms with E-state index in [1.165, 1.54) is 4.90 Å². The topological polar surface area (TPSA) is 38.8 Å². The monoisotopic (exact) mass is 389 g/mol. The van der Waals surface area contributed by atoms with E-state index in [9.17, 15) is 4.79 Å². The van der Waals surface area contributed by atoms with Crippen molar-refractivity contribution in [2.45, 2.75) is 23.2 Å². The van der Waals surface area contributed by atoms with Gasteiger partial charge in [-0.05, 0) is 41.6 Å². The van der Waals surface area contributed by atoms with Crippen LogP contribution in [0, 0.1) is 0 Å². The van der Waals surface area contributed by atoms with Crippen LogP contribution in [0.5, 0.6) is 11.5 Å². The molecule has 26 heavy (non-hydrogen) atoms. The Morgan fingerprint density at radius 2 is 1.77 bits per heavy atom. The second kappa shape index (κ2) is 8.73. The lowest BCUT2D eigenvalue weighted by Crippen LogP contribution is -2.36. The minimum absolute atomic E-state index is 0.0318.